The number of pyridine rings is 1. The van der Waals surface area contributed by atoms with Gasteiger partial charge in [-0.1, -0.05) is 35.9 Å². The van der Waals surface area contributed by atoms with E-state index in [1.807, 2.05) is 12.1 Å². The number of nitrogens with zero attached hydrogens (tertiary/aromatic N) is 2. The Hall–Kier alpha value is -3.36. The number of fused-ring (bicyclic) bond motifs is 2. The van der Waals surface area contributed by atoms with Crippen molar-refractivity contribution in [3.05, 3.63) is 92.4 Å². The van der Waals surface area contributed by atoms with E-state index in [4.69, 9.17) is 11.6 Å². The lowest BCUT2D eigenvalue weighted by Crippen LogP contribution is -2.33. The van der Waals surface area contributed by atoms with E-state index in [2.05, 4.69) is 9.97 Å². The van der Waals surface area contributed by atoms with Gasteiger partial charge in [-0.25, -0.2) is 18.1 Å². The molecule has 0 unspecified atom stereocenters. The normalized spacial score (nSPS) is 11.4. The van der Waals surface area contributed by atoms with Crippen LogP contribution in [0.25, 0.3) is 37.1 Å². The van der Waals surface area contributed by atoms with Crippen molar-refractivity contribution < 1.29 is 8.78 Å². The molecule has 2 aromatic carbocycles. The van der Waals surface area contributed by atoms with E-state index in [-0.39, 0.29) is 20.8 Å². The SMILES string of the molecule is O=c1[nH]c2cc(-c3cc(F)c(F)cc3Cl)sc2c(=O)n1-c1cncc2ccccc12. The first-order chi connectivity index (χ1) is 14.4. The maximum atomic E-state index is 13.7. The molecule has 0 amide bonds. The average Bonchev–Trinajstić information content (AvgIpc) is 3.15. The minimum absolute atomic E-state index is 0.00128. The molecular formula is C21H10ClF2N3O2S. The highest BCUT2D eigenvalue weighted by Crippen LogP contribution is 2.36. The van der Waals surface area contributed by atoms with Crippen molar-refractivity contribution in [3.63, 3.8) is 0 Å². The summed E-state index contributed by atoms with van der Waals surface area (Å²) >= 11 is 7.09. The van der Waals surface area contributed by atoms with Gasteiger partial charge < -0.3 is 4.98 Å². The van der Waals surface area contributed by atoms with Gasteiger partial charge in [-0.3, -0.25) is 9.78 Å². The van der Waals surface area contributed by atoms with Crippen LogP contribution in [-0.2, 0) is 0 Å². The highest BCUT2D eigenvalue weighted by Gasteiger charge is 2.18. The van der Waals surface area contributed by atoms with Gasteiger partial charge in [-0.2, -0.15) is 0 Å². The Bertz CT molecular complexity index is 1580. The van der Waals surface area contributed by atoms with Crippen LogP contribution in [0.3, 0.4) is 0 Å². The molecule has 0 radical (unpaired) electrons. The van der Waals surface area contributed by atoms with Crippen molar-refractivity contribution >= 4 is 43.9 Å². The first-order valence-electron chi connectivity index (χ1n) is 8.71. The highest BCUT2D eigenvalue weighted by atomic mass is 35.5. The Kier molecular flexibility index (Phi) is 4.27. The Morgan fingerprint density at radius 2 is 1.80 bits per heavy atom. The number of aromatic nitrogens is 3. The number of hydrogen-bond acceptors (Lipinski definition) is 4. The van der Waals surface area contributed by atoms with Gasteiger partial charge in [0.1, 0.15) is 4.70 Å². The predicted molar refractivity (Wildman–Crippen MR) is 114 cm³/mol. The average molecular weight is 442 g/mol. The number of halogens is 3. The third-order valence-electron chi connectivity index (χ3n) is 4.74. The maximum absolute atomic E-state index is 13.7. The van der Waals surface area contributed by atoms with Crippen molar-refractivity contribution in [2.24, 2.45) is 0 Å². The van der Waals surface area contributed by atoms with Crippen LogP contribution in [0.4, 0.5) is 8.78 Å². The first kappa shape index (κ1) is 18.7. The predicted octanol–water partition coefficient (Wildman–Crippen LogP) is 4.89. The first-order valence-corrected chi connectivity index (χ1v) is 9.90. The van der Waals surface area contributed by atoms with Crippen LogP contribution in [-0.4, -0.2) is 14.5 Å². The number of thiophene rings is 1. The minimum atomic E-state index is -1.07. The zero-order valence-corrected chi connectivity index (χ0v) is 16.5. The summed E-state index contributed by atoms with van der Waals surface area (Å²) in [6, 6.07) is 10.6. The number of benzene rings is 2. The van der Waals surface area contributed by atoms with Crippen molar-refractivity contribution in [1.29, 1.82) is 0 Å². The molecule has 5 aromatic rings. The second-order valence-corrected chi connectivity index (χ2v) is 8.01. The molecule has 3 aromatic heterocycles. The summed E-state index contributed by atoms with van der Waals surface area (Å²) in [5.74, 6) is -2.12. The van der Waals surface area contributed by atoms with E-state index in [1.54, 1.807) is 18.3 Å². The van der Waals surface area contributed by atoms with Crippen molar-refractivity contribution in [2.45, 2.75) is 0 Å². The number of aromatic amines is 1. The van der Waals surface area contributed by atoms with Crippen molar-refractivity contribution in [3.8, 4) is 16.1 Å². The fourth-order valence-corrected chi connectivity index (χ4v) is 4.73. The summed E-state index contributed by atoms with van der Waals surface area (Å²) in [6.45, 7) is 0. The van der Waals surface area contributed by atoms with E-state index in [0.29, 0.717) is 16.0 Å². The van der Waals surface area contributed by atoms with Crippen LogP contribution < -0.4 is 11.2 Å². The monoisotopic (exact) mass is 441 g/mol. The van der Waals surface area contributed by atoms with Crippen molar-refractivity contribution in [1.82, 2.24) is 14.5 Å². The lowest BCUT2D eigenvalue weighted by atomic mass is 10.1. The number of nitrogens with one attached hydrogen (secondary N) is 1. The van der Waals surface area contributed by atoms with Gasteiger partial charge >= 0.3 is 5.69 Å². The molecule has 148 valence electrons. The minimum Gasteiger partial charge on any atom is -0.306 e. The molecule has 0 aliphatic heterocycles. The van der Waals surface area contributed by atoms with Gasteiger partial charge in [-0.05, 0) is 18.2 Å². The zero-order valence-electron chi connectivity index (χ0n) is 14.9. The van der Waals surface area contributed by atoms with Gasteiger partial charge in [0, 0.05) is 27.4 Å². The molecule has 0 saturated heterocycles. The Balaban J connectivity index is 1.79. The lowest BCUT2D eigenvalue weighted by molar-refractivity contribution is 0.509. The molecule has 0 aliphatic carbocycles. The maximum Gasteiger partial charge on any atom is 0.333 e. The summed E-state index contributed by atoms with van der Waals surface area (Å²) in [6.07, 6.45) is 3.09. The molecule has 0 saturated carbocycles. The number of H-pyrrole nitrogens is 1. The van der Waals surface area contributed by atoms with Crippen molar-refractivity contribution in [2.75, 3.05) is 0 Å². The third-order valence-corrected chi connectivity index (χ3v) is 6.21. The highest BCUT2D eigenvalue weighted by molar-refractivity contribution is 7.22. The molecule has 0 fully saturated rings. The molecule has 0 spiro atoms. The van der Waals surface area contributed by atoms with Crippen LogP contribution in [0.5, 0.6) is 0 Å². The molecule has 0 bridgehead atoms. The Morgan fingerprint density at radius 1 is 1.03 bits per heavy atom. The Morgan fingerprint density at radius 3 is 2.63 bits per heavy atom. The van der Waals surface area contributed by atoms with Gasteiger partial charge in [-0.15, -0.1) is 11.3 Å². The largest absolute Gasteiger partial charge is 0.333 e. The van der Waals surface area contributed by atoms with Gasteiger partial charge in [0.25, 0.3) is 5.56 Å². The topological polar surface area (TPSA) is 67.8 Å². The van der Waals surface area contributed by atoms with Crippen LogP contribution in [0, 0.1) is 11.6 Å². The molecule has 3 heterocycles. The summed E-state index contributed by atoms with van der Waals surface area (Å²) in [5, 5.41) is 1.48. The quantitative estimate of drug-likeness (QED) is 0.397. The van der Waals surface area contributed by atoms with Gasteiger partial charge in [0.05, 0.1) is 22.4 Å². The van der Waals surface area contributed by atoms with E-state index in [1.165, 1.54) is 12.3 Å². The van der Waals surface area contributed by atoms with E-state index >= 15 is 0 Å². The lowest BCUT2D eigenvalue weighted by Gasteiger charge is -2.07. The molecule has 0 aliphatic rings. The molecule has 5 rings (SSSR count). The molecule has 5 nitrogen and oxygen atoms in total. The molecule has 30 heavy (non-hydrogen) atoms. The van der Waals surface area contributed by atoms with Crippen LogP contribution in [0.2, 0.25) is 5.02 Å². The standard InChI is InChI=1S/C21H10ClF2N3O2S/c22-13-6-15(24)14(23)5-12(13)18-7-16-19(30-18)20(28)27(21(29)26-16)17-9-25-8-10-3-1-2-4-11(10)17/h1-9H,(H,26,29). The van der Waals surface area contributed by atoms with Crippen LogP contribution in [0.1, 0.15) is 0 Å². The van der Waals surface area contributed by atoms with Crippen LogP contribution in [0.15, 0.2) is 64.4 Å². The summed E-state index contributed by atoms with van der Waals surface area (Å²) in [7, 11) is 0. The summed E-state index contributed by atoms with van der Waals surface area (Å²) in [5.41, 5.74) is -0.305. The van der Waals surface area contributed by atoms with Gasteiger partial charge in [0.2, 0.25) is 0 Å². The molecular weight excluding hydrogens is 432 g/mol. The number of hydrogen-bond donors (Lipinski definition) is 1. The van der Waals surface area contributed by atoms with E-state index in [9.17, 15) is 18.4 Å². The summed E-state index contributed by atoms with van der Waals surface area (Å²) < 4.78 is 28.4. The summed E-state index contributed by atoms with van der Waals surface area (Å²) in [4.78, 5) is 33.2. The molecule has 9 heteroatoms. The fourth-order valence-electron chi connectivity index (χ4n) is 3.35. The molecule has 0 atom stereocenters. The zero-order chi connectivity index (χ0) is 21.0. The van der Waals surface area contributed by atoms with E-state index < -0.39 is 22.9 Å². The smallest absolute Gasteiger partial charge is 0.306 e. The molecule has 1 N–H and O–H groups in total. The Labute approximate surface area is 175 Å². The van der Waals surface area contributed by atoms with Crippen LogP contribution >= 0.6 is 22.9 Å². The fraction of sp³-hybridized carbons (Fsp3) is 0. The second kappa shape index (κ2) is 6.86. The third kappa shape index (κ3) is 2.84. The van der Waals surface area contributed by atoms with Gasteiger partial charge in [0.15, 0.2) is 11.6 Å². The second-order valence-electron chi connectivity index (χ2n) is 6.55. The number of rotatable bonds is 2. The van der Waals surface area contributed by atoms with E-state index in [0.717, 1.165) is 33.4 Å².